The van der Waals surface area contributed by atoms with E-state index in [9.17, 15) is 8.78 Å². The summed E-state index contributed by atoms with van der Waals surface area (Å²) < 4.78 is 26.5. The molecule has 1 saturated heterocycles. The maximum Gasteiger partial charge on any atom is 0.160 e. The number of pyridine rings is 1. The Morgan fingerprint density at radius 2 is 2.08 bits per heavy atom. The maximum atomic E-state index is 13.4. The molecule has 0 radical (unpaired) electrons. The molecule has 0 bridgehead atoms. The number of aromatic nitrogens is 1. The van der Waals surface area contributed by atoms with E-state index in [1.54, 1.807) is 12.3 Å². The number of rotatable bonds is 6. The van der Waals surface area contributed by atoms with Gasteiger partial charge < -0.3 is 15.1 Å². The van der Waals surface area contributed by atoms with Gasteiger partial charge in [0.05, 0.1) is 0 Å². The van der Waals surface area contributed by atoms with Gasteiger partial charge in [-0.1, -0.05) is 0 Å². The standard InChI is InChI=1S/C19H24F2N4/c1-24(2)19-5-7-22-11-15(19)12-23-10-14-6-8-25(13-14)16-3-4-17(20)18(21)9-16/h3-5,7,9,11,14,23H,6,8,10,12-13H2,1-2H3/t14-/m1/s1. The predicted molar refractivity (Wildman–Crippen MR) is 96.9 cm³/mol. The van der Waals surface area contributed by atoms with Crippen LogP contribution in [0, 0.1) is 17.6 Å². The van der Waals surface area contributed by atoms with E-state index in [-0.39, 0.29) is 0 Å². The second-order valence-corrected chi connectivity index (χ2v) is 6.73. The Morgan fingerprint density at radius 3 is 2.84 bits per heavy atom. The minimum Gasteiger partial charge on any atom is -0.377 e. The fourth-order valence-corrected chi connectivity index (χ4v) is 3.32. The monoisotopic (exact) mass is 346 g/mol. The highest BCUT2D eigenvalue weighted by molar-refractivity contribution is 5.51. The summed E-state index contributed by atoms with van der Waals surface area (Å²) in [6, 6.07) is 6.14. The smallest absolute Gasteiger partial charge is 0.160 e. The van der Waals surface area contributed by atoms with Crippen molar-refractivity contribution in [3.05, 3.63) is 53.9 Å². The summed E-state index contributed by atoms with van der Waals surface area (Å²) in [4.78, 5) is 8.40. The molecular weight excluding hydrogens is 322 g/mol. The first-order valence-electron chi connectivity index (χ1n) is 8.55. The Morgan fingerprint density at radius 1 is 1.24 bits per heavy atom. The number of hydrogen-bond donors (Lipinski definition) is 1. The molecule has 1 aromatic heterocycles. The van der Waals surface area contributed by atoms with Gasteiger partial charge in [0.2, 0.25) is 0 Å². The average Bonchev–Trinajstić information content (AvgIpc) is 3.06. The summed E-state index contributed by atoms with van der Waals surface area (Å²) in [6.07, 6.45) is 4.74. The van der Waals surface area contributed by atoms with E-state index in [2.05, 4.69) is 20.1 Å². The molecule has 2 heterocycles. The first-order valence-corrected chi connectivity index (χ1v) is 8.55. The molecule has 134 valence electrons. The summed E-state index contributed by atoms with van der Waals surface area (Å²) in [6.45, 7) is 3.38. The van der Waals surface area contributed by atoms with Crippen LogP contribution in [0.5, 0.6) is 0 Å². The fourth-order valence-electron chi connectivity index (χ4n) is 3.32. The number of hydrogen-bond acceptors (Lipinski definition) is 4. The van der Waals surface area contributed by atoms with Gasteiger partial charge >= 0.3 is 0 Å². The lowest BCUT2D eigenvalue weighted by Gasteiger charge is -2.20. The van der Waals surface area contributed by atoms with Crippen molar-refractivity contribution in [2.45, 2.75) is 13.0 Å². The van der Waals surface area contributed by atoms with Gasteiger partial charge in [-0.2, -0.15) is 0 Å². The zero-order valence-electron chi connectivity index (χ0n) is 14.7. The minimum absolute atomic E-state index is 0.493. The normalized spacial score (nSPS) is 17.1. The Bertz CT molecular complexity index is 720. The molecule has 1 aliphatic heterocycles. The Labute approximate surface area is 147 Å². The largest absolute Gasteiger partial charge is 0.377 e. The van der Waals surface area contributed by atoms with Crippen molar-refractivity contribution < 1.29 is 8.78 Å². The lowest BCUT2D eigenvalue weighted by atomic mass is 10.1. The van der Waals surface area contributed by atoms with Crippen molar-refractivity contribution in [3.63, 3.8) is 0 Å². The second-order valence-electron chi connectivity index (χ2n) is 6.73. The molecule has 0 spiro atoms. The zero-order valence-corrected chi connectivity index (χ0v) is 14.7. The molecule has 1 N–H and O–H groups in total. The van der Waals surface area contributed by atoms with E-state index < -0.39 is 11.6 Å². The third-order valence-electron chi connectivity index (χ3n) is 4.66. The molecule has 1 atom stereocenters. The third-order valence-corrected chi connectivity index (χ3v) is 4.66. The van der Waals surface area contributed by atoms with Crippen LogP contribution in [0.1, 0.15) is 12.0 Å². The van der Waals surface area contributed by atoms with E-state index >= 15 is 0 Å². The Hall–Kier alpha value is -2.21. The molecule has 0 aliphatic carbocycles. The van der Waals surface area contributed by atoms with Crippen LogP contribution in [0.2, 0.25) is 0 Å². The van der Waals surface area contributed by atoms with Crippen molar-refractivity contribution >= 4 is 11.4 Å². The molecular formula is C19H24F2N4. The van der Waals surface area contributed by atoms with Gasteiger partial charge in [-0.3, -0.25) is 4.98 Å². The van der Waals surface area contributed by atoms with Crippen LogP contribution in [-0.4, -0.2) is 38.7 Å². The van der Waals surface area contributed by atoms with Gasteiger partial charge in [0.15, 0.2) is 11.6 Å². The second kappa shape index (κ2) is 7.78. The van der Waals surface area contributed by atoms with Crippen LogP contribution >= 0.6 is 0 Å². The van der Waals surface area contributed by atoms with Gasteiger partial charge in [-0.25, -0.2) is 8.78 Å². The van der Waals surface area contributed by atoms with Crippen LogP contribution in [0.15, 0.2) is 36.7 Å². The van der Waals surface area contributed by atoms with Gasteiger partial charge in [-0.05, 0) is 30.5 Å². The van der Waals surface area contributed by atoms with Crippen molar-refractivity contribution in [3.8, 4) is 0 Å². The highest BCUT2D eigenvalue weighted by Crippen LogP contribution is 2.25. The quantitative estimate of drug-likeness (QED) is 0.871. The molecule has 1 aromatic carbocycles. The fraction of sp³-hybridized carbons (Fsp3) is 0.421. The SMILES string of the molecule is CN(C)c1ccncc1CNC[C@H]1CCN(c2ccc(F)c(F)c2)C1. The molecule has 0 unspecified atom stereocenters. The zero-order chi connectivity index (χ0) is 17.8. The molecule has 2 aromatic rings. The van der Waals surface area contributed by atoms with Crippen molar-refractivity contribution in [1.82, 2.24) is 10.3 Å². The van der Waals surface area contributed by atoms with E-state index in [1.165, 1.54) is 17.7 Å². The van der Waals surface area contributed by atoms with Crippen LogP contribution in [0.25, 0.3) is 0 Å². The third kappa shape index (κ3) is 4.25. The summed E-state index contributed by atoms with van der Waals surface area (Å²) in [5.74, 6) is -1.09. The van der Waals surface area contributed by atoms with Crippen molar-refractivity contribution in [2.24, 2.45) is 5.92 Å². The predicted octanol–water partition coefficient (Wildman–Crippen LogP) is 3.04. The molecule has 3 rings (SSSR count). The summed E-state index contributed by atoms with van der Waals surface area (Å²) in [5, 5.41) is 3.50. The number of nitrogens with zero attached hydrogens (tertiary/aromatic N) is 3. The number of benzene rings is 1. The highest BCUT2D eigenvalue weighted by atomic mass is 19.2. The molecule has 1 fully saturated rings. The van der Waals surface area contributed by atoms with Gasteiger partial charge in [0.25, 0.3) is 0 Å². The number of nitrogens with one attached hydrogen (secondary N) is 1. The molecule has 25 heavy (non-hydrogen) atoms. The van der Waals surface area contributed by atoms with Gasteiger partial charge in [-0.15, -0.1) is 0 Å². The van der Waals surface area contributed by atoms with Crippen LogP contribution in [-0.2, 0) is 6.54 Å². The van der Waals surface area contributed by atoms with Gasteiger partial charge in [0, 0.05) is 75.7 Å². The molecule has 6 heteroatoms. The first kappa shape index (κ1) is 17.6. The molecule has 0 amide bonds. The Kier molecular flexibility index (Phi) is 5.48. The van der Waals surface area contributed by atoms with Crippen LogP contribution in [0.3, 0.4) is 0 Å². The van der Waals surface area contributed by atoms with E-state index in [1.807, 2.05) is 26.4 Å². The molecule has 4 nitrogen and oxygen atoms in total. The lowest BCUT2D eigenvalue weighted by molar-refractivity contribution is 0.507. The van der Waals surface area contributed by atoms with Crippen molar-refractivity contribution in [2.75, 3.05) is 43.5 Å². The van der Waals surface area contributed by atoms with E-state index in [0.29, 0.717) is 5.92 Å². The number of halogens is 2. The Balaban J connectivity index is 1.51. The molecule has 1 aliphatic rings. The summed E-state index contributed by atoms with van der Waals surface area (Å²) in [5.41, 5.74) is 3.09. The number of anilines is 2. The first-order chi connectivity index (χ1) is 12.0. The topological polar surface area (TPSA) is 31.4 Å². The summed E-state index contributed by atoms with van der Waals surface area (Å²) >= 11 is 0. The molecule has 0 saturated carbocycles. The minimum atomic E-state index is -0.797. The van der Waals surface area contributed by atoms with Crippen molar-refractivity contribution in [1.29, 1.82) is 0 Å². The highest BCUT2D eigenvalue weighted by Gasteiger charge is 2.23. The van der Waals surface area contributed by atoms with Gasteiger partial charge in [0.1, 0.15) is 0 Å². The van der Waals surface area contributed by atoms with E-state index in [4.69, 9.17) is 0 Å². The van der Waals surface area contributed by atoms with Crippen LogP contribution in [0.4, 0.5) is 20.2 Å². The summed E-state index contributed by atoms with van der Waals surface area (Å²) in [7, 11) is 4.05. The van der Waals surface area contributed by atoms with Crippen LogP contribution < -0.4 is 15.1 Å². The average molecular weight is 346 g/mol. The lowest BCUT2D eigenvalue weighted by Crippen LogP contribution is -2.27. The van der Waals surface area contributed by atoms with E-state index in [0.717, 1.165) is 44.0 Å². The maximum absolute atomic E-state index is 13.4.